The first-order valence-corrected chi connectivity index (χ1v) is 9.12. The van der Waals surface area contributed by atoms with Crippen LogP contribution in [-0.4, -0.2) is 59.3 Å². The maximum atomic E-state index is 13.3. The molecule has 0 bridgehead atoms. The minimum Gasteiger partial charge on any atom is -0.497 e. The lowest BCUT2D eigenvalue weighted by atomic mass is 10.0. The average molecular weight is 370 g/mol. The first-order valence-electron chi connectivity index (χ1n) is 9.12. The van der Waals surface area contributed by atoms with E-state index in [1.165, 1.54) is 0 Å². The summed E-state index contributed by atoms with van der Waals surface area (Å²) in [4.78, 5) is 31.0. The Morgan fingerprint density at radius 1 is 1.26 bits per heavy atom. The van der Waals surface area contributed by atoms with Crippen LogP contribution in [0.3, 0.4) is 0 Å². The van der Waals surface area contributed by atoms with E-state index < -0.39 is 12.1 Å². The van der Waals surface area contributed by atoms with Gasteiger partial charge in [0.2, 0.25) is 0 Å². The number of carboxylic acids is 1. The fraction of sp³-hybridized carbons (Fsp3) is 0.450. The quantitative estimate of drug-likeness (QED) is 0.889. The zero-order valence-corrected chi connectivity index (χ0v) is 15.3. The van der Waals surface area contributed by atoms with Gasteiger partial charge in [-0.25, -0.2) is 4.79 Å². The van der Waals surface area contributed by atoms with Crippen molar-refractivity contribution in [2.24, 2.45) is 0 Å². The van der Waals surface area contributed by atoms with Crippen LogP contribution >= 0.6 is 0 Å². The largest absolute Gasteiger partial charge is 0.497 e. The van der Waals surface area contributed by atoms with Crippen LogP contribution < -0.4 is 4.74 Å². The van der Waals surface area contributed by atoms with E-state index in [9.17, 15) is 14.7 Å². The predicted molar refractivity (Wildman–Crippen MR) is 98.1 cm³/mol. The molecule has 7 nitrogen and oxygen atoms in total. The fourth-order valence-corrected chi connectivity index (χ4v) is 3.54. The highest BCUT2D eigenvalue weighted by molar-refractivity contribution is 6.06. The normalized spacial score (nSPS) is 22.7. The third-order valence-corrected chi connectivity index (χ3v) is 5.08. The number of ether oxygens (including phenoxy) is 2. The number of benzene rings is 1. The molecule has 1 aromatic heterocycles. The van der Waals surface area contributed by atoms with E-state index in [-0.39, 0.29) is 18.6 Å². The van der Waals surface area contributed by atoms with Gasteiger partial charge in [0.25, 0.3) is 5.91 Å². The maximum Gasteiger partial charge on any atom is 0.334 e. The molecule has 2 heterocycles. The molecule has 1 saturated carbocycles. The molecule has 2 atom stereocenters. The molecule has 2 aliphatic rings. The number of pyridine rings is 1. The molecule has 1 N–H and O–H groups in total. The zero-order chi connectivity index (χ0) is 19.1. The molecule has 1 aliphatic heterocycles. The Kier molecular flexibility index (Phi) is 4.47. The predicted octanol–water partition coefficient (Wildman–Crippen LogP) is 2.43. The van der Waals surface area contributed by atoms with Crippen LogP contribution in [-0.2, 0) is 9.53 Å². The Hall–Kier alpha value is -2.67. The molecule has 1 amide bonds. The molecule has 2 aromatic rings. The fourth-order valence-electron chi connectivity index (χ4n) is 3.54. The molecule has 0 spiro atoms. The lowest BCUT2D eigenvalue weighted by Crippen LogP contribution is -2.51. The molecule has 1 unspecified atom stereocenters. The lowest BCUT2D eigenvalue weighted by Gasteiger charge is -2.35. The van der Waals surface area contributed by atoms with Crippen molar-refractivity contribution in [3.8, 4) is 5.75 Å². The minimum atomic E-state index is -1.06. The SMILES string of the molecule is COc1ccc2nc(C3CC3)cc(C(=O)N3CC(C(=O)O)O[C@H](C)C3)c2c1. The number of nitrogens with zero attached hydrogens (tertiary/aromatic N) is 2. The molecule has 0 radical (unpaired) electrons. The van der Waals surface area contributed by atoms with Gasteiger partial charge in [-0.15, -0.1) is 0 Å². The summed E-state index contributed by atoms with van der Waals surface area (Å²) in [6.45, 7) is 2.17. The lowest BCUT2D eigenvalue weighted by molar-refractivity contribution is -0.160. The summed E-state index contributed by atoms with van der Waals surface area (Å²) in [6, 6.07) is 7.36. The Labute approximate surface area is 156 Å². The molecule has 1 saturated heterocycles. The summed E-state index contributed by atoms with van der Waals surface area (Å²) in [7, 11) is 1.58. The molecule has 2 fully saturated rings. The number of hydrogen-bond donors (Lipinski definition) is 1. The van der Waals surface area contributed by atoms with Gasteiger partial charge in [0, 0.05) is 23.5 Å². The highest BCUT2D eigenvalue weighted by Crippen LogP contribution is 2.40. The highest BCUT2D eigenvalue weighted by atomic mass is 16.5. The number of fused-ring (bicyclic) bond motifs is 1. The number of morpholine rings is 1. The van der Waals surface area contributed by atoms with Gasteiger partial charge in [0.05, 0.1) is 30.8 Å². The molecule has 4 rings (SSSR count). The summed E-state index contributed by atoms with van der Waals surface area (Å²) < 4.78 is 10.7. The number of carbonyl (C=O) groups excluding carboxylic acids is 1. The van der Waals surface area contributed by atoms with E-state index in [2.05, 4.69) is 0 Å². The number of carboxylic acid groups (broad SMARTS) is 1. The van der Waals surface area contributed by atoms with Crippen molar-refractivity contribution < 1.29 is 24.2 Å². The van der Waals surface area contributed by atoms with E-state index in [0.29, 0.717) is 23.8 Å². The number of hydrogen-bond acceptors (Lipinski definition) is 5. The Morgan fingerprint density at radius 2 is 2.04 bits per heavy atom. The second-order valence-electron chi connectivity index (χ2n) is 7.24. The Balaban J connectivity index is 1.76. The Morgan fingerprint density at radius 3 is 2.70 bits per heavy atom. The second-order valence-corrected chi connectivity index (χ2v) is 7.24. The van der Waals surface area contributed by atoms with Gasteiger partial charge in [-0.2, -0.15) is 0 Å². The van der Waals surface area contributed by atoms with Crippen molar-refractivity contribution in [1.29, 1.82) is 0 Å². The van der Waals surface area contributed by atoms with Gasteiger partial charge in [0.1, 0.15) is 5.75 Å². The second kappa shape index (κ2) is 6.81. The van der Waals surface area contributed by atoms with Gasteiger partial charge in [-0.05, 0) is 44.0 Å². The molecule has 1 aromatic carbocycles. The van der Waals surface area contributed by atoms with Crippen LogP contribution in [0.5, 0.6) is 5.75 Å². The van der Waals surface area contributed by atoms with E-state index in [0.717, 1.165) is 29.4 Å². The van der Waals surface area contributed by atoms with Gasteiger partial charge < -0.3 is 19.5 Å². The molecule has 1 aliphatic carbocycles. The van der Waals surface area contributed by atoms with Gasteiger partial charge in [-0.1, -0.05) is 0 Å². The number of carbonyl (C=O) groups is 2. The minimum absolute atomic E-state index is 0.0328. The summed E-state index contributed by atoms with van der Waals surface area (Å²) >= 11 is 0. The van der Waals surface area contributed by atoms with Gasteiger partial charge in [-0.3, -0.25) is 9.78 Å². The van der Waals surface area contributed by atoms with Gasteiger partial charge in [0.15, 0.2) is 6.10 Å². The van der Waals surface area contributed by atoms with Crippen LogP contribution in [0.1, 0.15) is 41.7 Å². The monoisotopic (exact) mass is 370 g/mol. The summed E-state index contributed by atoms with van der Waals surface area (Å²) in [6.07, 6.45) is 0.813. The van der Waals surface area contributed by atoms with E-state index in [1.807, 2.05) is 24.3 Å². The number of aromatic nitrogens is 1. The number of amides is 1. The zero-order valence-electron chi connectivity index (χ0n) is 15.3. The number of aliphatic carboxylic acids is 1. The van der Waals surface area contributed by atoms with E-state index in [4.69, 9.17) is 14.5 Å². The maximum absolute atomic E-state index is 13.3. The number of rotatable bonds is 4. The summed E-state index contributed by atoms with van der Waals surface area (Å²) in [5.41, 5.74) is 2.21. The Bertz CT molecular complexity index is 909. The third-order valence-electron chi connectivity index (χ3n) is 5.08. The highest BCUT2D eigenvalue weighted by Gasteiger charge is 2.34. The van der Waals surface area contributed by atoms with Gasteiger partial charge >= 0.3 is 5.97 Å². The standard InChI is InChI=1S/C20H22N2O5/c1-11-9-22(10-18(27-11)20(24)25)19(23)15-8-17(12-3-4-12)21-16-6-5-13(26-2)7-14(15)16/h5-8,11-12,18H,3-4,9-10H2,1-2H3,(H,24,25)/t11-,18?/m1/s1. The van der Waals surface area contributed by atoms with Crippen LogP contribution in [0.2, 0.25) is 0 Å². The van der Waals surface area contributed by atoms with Crippen LogP contribution in [0.25, 0.3) is 10.9 Å². The first-order chi connectivity index (χ1) is 13.0. The van der Waals surface area contributed by atoms with Crippen molar-refractivity contribution in [3.63, 3.8) is 0 Å². The van der Waals surface area contributed by atoms with Crippen molar-refractivity contribution in [2.45, 2.75) is 37.9 Å². The topological polar surface area (TPSA) is 89.0 Å². The summed E-state index contributed by atoms with van der Waals surface area (Å²) in [5, 5.41) is 10.0. The molecular formula is C20H22N2O5. The smallest absolute Gasteiger partial charge is 0.334 e. The number of methoxy groups -OCH3 is 1. The molecule has 142 valence electrons. The summed E-state index contributed by atoms with van der Waals surface area (Å²) in [5.74, 6) is -0.201. The van der Waals surface area contributed by atoms with Crippen molar-refractivity contribution >= 4 is 22.8 Å². The van der Waals surface area contributed by atoms with E-state index >= 15 is 0 Å². The molecule has 7 heteroatoms. The van der Waals surface area contributed by atoms with E-state index in [1.54, 1.807) is 18.9 Å². The average Bonchev–Trinajstić information content (AvgIpc) is 3.50. The molecule has 27 heavy (non-hydrogen) atoms. The van der Waals surface area contributed by atoms with Crippen molar-refractivity contribution in [2.75, 3.05) is 20.2 Å². The third kappa shape index (κ3) is 3.47. The molecular weight excluding hydrogens is 348 g/mol. The first kappa shape index (κ1) is 17.7. The van der Waals surface area contributed by atoms with Crippen LogP contribution in [0.4, 0.5) is 0 Å². The van der Waals surface area contributed by atoms with Crippen LogP contribution in [0.15, 0.2) is 24.3 Å². The van der Waals surface area contributed by atoms with Crippen LogP contribution in [0, 0.1) is 0 Å². The van der Waals surface area contributed by atoms with Crippen molar-refractivity contribution in [1.82, 2.24) is 9.88 Å². The van der Waals surface area contributed by atoms with Crippen molar-refractivity contribution in [3.05, 3.63) is 35.5 Å².